The summed E-state index contributed by atoms with van der Waals surface area (Å²) in [6.07, 6.45) is -3.33. The van der Waals surface area contributed by atoms with Crippen molar-refractivity contribution in [2.24, 2.45) is 0 Å². The molecule has 13 heteroatoms. The highest BCUT2D eigenvalue weighted by Gasteiger charge is 2.42. The summed E-state index contributed by atoms with van der Waals surface area (Å²) in [7, 11) is -4.20. The molecule has 0 bridgehead atoms. The lowest BCUT2D eigenvalue weighted by Gasteiger charge is -2.44. The molecule has 2 N–H and O–H groups in total. The van der Waals surface area contributed by atoms with Crippen molar-refractivity contribution >= 4 is 21.5 Å². The predicted octanol–water partition coefficient (Wildman–Crippen LogP) is 4.62. The number of aliphatic hydroxyl groups excluding tert-OH is 1. The summed E-state index contributed by atoms with van der Waals surface area (Å²) >= 11 is 0. The number of aromatic nitrogens is 1. The number of benzene rings is 2. The van der Waals surface area contributed by atoms with Crippen LogP contribution < -0.4 is 19.1 Å². The van der Waals surface area contributed by atoms with E-state index in [0.717, 1.165) is 24.3 Å². The average Bonchev–Trinajstić information content (AvgIpc) is 2.83. The number of hydrogen-bond donors (Lipinski definition) is 2. The molecule has 2 heterocycles. The second-order valence-electron chi connectivity index (χ2n) is 8.65. The van der Waals surface area contributed by atoms with Crippen LogP contribution in [-0.2, 0) is 10.0 Å². The molecule has 0 spiro atoms. The van der Waals surface area contributed by atoms with Gasteiger partial charge in [0, 0.05) is 12.3 Å². The zero-order chi connectivity index (χ0) is 26.4. The first-order valence-electron chi connectivity index (χ1n) is 11.3. The Morgan fingerprint density at radius 3 is 2.57 bits per heavy atom. The Hall–Kier alpha value is -3.42. The molecule has 1 aliphatic heterocycles. The number of hydrogen-bond acceptors (Lipinski definition) is 7. The molecule has 0 saturated heterocycles. The molecule has 1 saturated carbocycles. The molecule has 0 radical (unpaired) electrons. The predicted molar refractivity (Wildman–Crippen MR) is 124 cm³/mol. The quantitative estimate of drug-likeness (QED) is 0.456. The number of nitrogens with zero attached hydrogens (tertiary/aromatic N) is 2. The van der Waals surface area contributed by atoms with Crippen molar-refractivity contribution in [3.8, 4) is 17.2 Å². The van der Waals surface area contributed by atoms with Crippen LogP contribution in [0.25, 0.3) is 0 Å². The fourth-order valence-corrected chi connectivity index (χ4v) is 5.92. The number of nitrogens with one attached hydrogen (secondary N) is 1. The molecule has 0 amide bonds. The van der Waals surface area contributed by atoms with Gasteiger partial charge in [0.05, 0.1) is 28.8 Å². The SMILES string of the molecule is O=S(=O)(N[C@H]1CCC[C@@H](N2c3cc(F)ccc3Oc3cccnc32)[C@@H]1O)c1ccc(OC(F)(F)F)cc1. The summed E-state index contributed by atoms with van der Waals surface area (Å²) in [6, 6.07) is 9.48. The van der Waals surface area contributed by atoms with Gasteiger partial charge in [-0.25, -0.2) is 22.5 Å². The molecular formula is C24H21F4N3O5S. The molecular weight excluding hydrogens is 518 g/mol. The van der Waals surface area contributed by atoms with Gasteiger partial charge in [0.15, 0.2) is 17.3 Å². The summed E-state index contributed by atoms with van der Waals surface area (Å²) in [6.45, 7) is 0. The van der Waals surface area contributed by atoms with Gasteiger partial charge in [-0.05, 0) is 67.8 Å². The lowest BCUT2D eigenvalue weighted by Crippen LogP contribution is -2.56. The zero-order valence-corrected chi connectivity index (χ0v) is 19.8. The summed E-state index contributed by atoms with van der Waals surface area (Å²) in [4.78, 5) is 5.73. The molecule has 0 unspecified atom stereocenters. The van der Waals surface area contributed by atoms with E-state index < -0.39 is 46.1 Å². The van der Waals surface area contributed by atoms with E-state index in [1.165, 1.54) is 24.4 Å². The monoisotopic (exact) mass is 539 g/mol. The van der Waals surface area contributed by atoms with E-state index in [-0.39, 0.29) is 4.90 Å². The number of alkyl halides is 3. The summed E-state index contributed by atoms with van der Waals surface area (Å²) in [5, 5.41) is 11.3. The fourth-order valence-electron chi connectivity index (χ4n) is 4.63. The summed E-state index contributed by atoms with van der Waals surface area (Å²) in [5.74, 6) is 0.0323. The van der Waals surface area contributed by atoms with Crippen LogP contribution in [0.5, 0.6) is 17.2 Å². The molecule has 1 aliphatic carbocycles. The third-order valence-corrected chi connectivity index (χ3v) is 7.71. The maximum atomic E-state index is 14.2. The molecule has 8 nitrogen and oxygen atoms in total. The van der Waals surface area contributed by atoms with Crippen molar-refractivity contribution in [2.45, 2.75) is 48.7 Å². The van der Waals surface area contributed by atoms with E-state index >= 15 is 0 Å². The molecule has 1 fully saturated rings. The van der Waals surface area contributed by atoms with Crippen molar-refractivity contribution in [1.82, 2.24) is 9.71 Å². The van der Waals surface area contributed by atoms with Gasteiger partial charge < -0.3 is 19.5 Å². The molecule has 37 heavy (non-hydrogen) atoms. The van der Waals surface area contributed by atoms with E-state index in [4.69, 9.17) is 4.74 Å². The van der Waals surface area contributed by atoms with E-state index in [1.807, 2.05) is 0 Å². The Morgan fingerprint density at radius 2 is 1.84 bits per heavy atom. The minimum absolute atomic E-state index is 0.290. The highest BCUT2D eigenvalue weighted by Crippen LogP contribution is 2.48. The van der Waals surface area contributed by atoms with E-state index in [1.54, 1.807) is 17.0 Å². The van der Waals surface area contributed by atoms with Gasteiger partial charge >= 0.3 is 6.36 Å². The van der Waals surface area contributed by atoms with Gasteiger partial charge in [0.1, 0.15) is 11.6 Å². The van der Waals surface area contributed by atoms with Gasteiger partial charge in [-0.15, -0.1) is 13.2 Å². The number of halogens is 4. The van der Waals surface area contributed by atoms with Gasteiger partial charge in [-0.2, -0.15) is 0 Å². The van der Waals surface area contributed by atoms with Crippen molar-refractivity contribution in [3.63, 3.8) is 0 Å². The van der Waals surface area contributed by atoms with E-state index in [2.05, 4.69) is 14.4 Å². The van der Waals surface area contributed by atoms with Crippen LogP contribution in [0, 0.1) is 5.82 Å². The second kappa shape index (κ2) is 9.47. The number of fused-ring (bicyclic) bond motifs is 2. The second-order valence-corrected chi connectivity index (χ2v) is 10.4. The smallest absolute Gasteiger partial charge is 0.451 e. The third-order valence-electron chi connectivity index (χ3n) is 6.21. The number of pyridine rings is 1. The van der Waals surface area contributed by atoms with Crippen LogP contribution in [-0.4, -0.2) is 43.1 Å². The molecule has 3 atom stereocenters. The Balaban J connectivity index is 1.41. The highest BCUT2D eigenvalue weighted by molar-refractivity contribution is 7.89. The lowest BCUT2D eigenvalue weighted by atomic mass is 9.87. The Kier molecular flexibility index (Phi) is 6.46. The van der Waals surface area contributed by atoms with Crippen molar-refractivity contribution in [1.29, 1.82) is 0 Å². The van der Waals surface area contributed by atoms with Crippen molar-refractivity contribution in [3.05, 3.63) is 66.6 Å². The molecule has 196 valence electrons. The number of rotatable bonds is 5. The standard InChI is InChI=1S/C24H21F4N3O5S/c25-14-6-11-20-19(13-14)31(23-21(35-20)5-2-12-29-23)18-4-1-3-17(22(18)32)30-37(33,34)16-9-7-15(8-10-16)36-24(26,27)28/h2,5-13,17-18,22,30,32H,1,3-4H2/t17-,18+,22+/m0/s1. The van der Waals surface area contributed by atoms with Crippen LogP contribution in [0.4, 0.5) is 29.1 Å². The maximum Gasteiger partial charge on any atom is 0.573 e. The van der Waals surface area contributed by atoms with Gasteiger partial charge in [0.25, 0.3) is 0 Å². The maximum absolute atomic E-state index is 14.2. The minimum Gasteiger partial charge on any atom is -0.451 e. The number of aliphatic hydroxyl groups is 1. The van der Waals surface area contributed by atoms with Crippen molar-refractivity contribution < 1.29 is 40.6 Å². The molecule has 2 aliphatic rings. The largest absolute Gasteiger partial charge is 0.573 e. The Labute approximate surface area is 209 Å². The van der Waals surface area contributed by atoms with Crippen LogP contribution in [0.1, 0.15) is 19.3 Å². The van der Waals surface area contributed by atoms with Crippen LogP contribution >= 0.6 is 0 Å². The van der Waals surface area contributed by atoms with Gasteiger partial charge in [-0.1, -0.05) is 0 Å². The Morgan fingerprint density at radius 1 is 1.08 bits per heavy atom. The van der Waals surface area contributed by atoms with Gasteiger partial charge in [0.2, 0.25) is 10.0 Å². The molecule has 3 aromatic rings. The number of sulfonamides is 1. The molecule has 5 rings (SSSR count). The summed E-state index contributed by atoms with van der Waals surface area (Å²) < 4.78 is 89.5. The van der Waals surface area contributed by atoms with Crippen molar-refractivity contribution in [2.75, 3.05) is 4.90 Å². The third kappa shape index (κ3) is 5.20. The van der Waals surface area contributed by atoms with Crippen LogP contribution in [0.15, 0.2) is 65.7 Å². The topological polar surface area (TPSA) is 101 Å². The average molecular weight is 540 g/mol. The van der Waals surface area contributed by atoms with Gasteiger partial charge in [-0.3, -0.25) is 0 Å². The van der Waals surface area contributed by atoms with Crippen LogP contribution in [0.3, 0.4) is 0 Å². The Bertz CT molecular complexity index is 1400. The first kappa shape index (κ1) is 25.2. The highest BCUT2D eigenvalue weighted by atomic mass is 32.2. The lowest BCUT2D eigenvalue weighted by molar-refractivity contribution is -0.274. The van der Waals surface area contributed by atoms with E-state index in [9.17, 15) is 31.1 Å². The number of ether oxygens (including phenoxy) is 2. The van der Waals surface area contributed by atoms with Crippen LogP contribution in [0.2, 0.25) is 0 Å². The fraction of sp³-hybridized carbons (Fsp3) is 0.292. The van der Waals surface area contributed by atoms with E-state index in [0.29, 0.717) is 42.3 Å². The molecule has 2 aromatic carbocycles. The normalized spacial score (nSPS) is 21.5. The molecule has 1 aromatic heterocycles. The minimum atomic E-state index is -4.91. The summed E-state index contributed by atoms with van der Waals surface area (Å²) in [5.41, 5.74) is 0.346. The number of anilines is 2. The first-order valence-corrected chi connectivity index (χ1v) is 12.8. The first-order chi connectivity index (χ1) is 17.5. The zero-order valence-electron chi connectivity index (χ0n) is 19.0.